The van der Waals surface area contributed by atoms with Gasteiger partial charge in [-0.05, 0) is 70.3 Å². The minimum atomic E-state index is -0.481. The summed E-state index contributed by atoms with van der Waals surface area (Å²) < 4.78 is 10.1. The quantitative estimate of drug-likeness (QED) is 0.468. The van der Waals surface area contributed by atoms with E-state index in [9.17, 15) is 4.79 Å². The molecule has 1 saturated heterocycles. The van der Waals surface area contributed by atoms with Crippen molar-refractivity contribution in [1.29, 1.82) is 0 Å². The summed E-state index contributed by atoms with van der Waals surface area (Å²) in [6.45, 7) is 8.90. The number of benzene rings is 1. The molecule has 168 valence electrons. The second-order valence-corrected chi connectivity index (χ2v) is 11.5. The van der Waals surface area contributed by atoms with Crippen molar-refractivity contribution >= 4 is 66.3 Å². The highest BCUT2D eigenvalue weighted by molar-refractivity contribution is 9.13. The lowest BCUT2D eigenvalue weighted by molar-refractivity contribution is 0.0189. The van der Waals surface area contributed by atoms with Crippen LogP contribution in [0, 0.1) is 0 Å². The van der Waals surface area contributed by atoms with Crippen LogP contribution in [0.25, 0.3) is 0 Å². The van der Waals surface area contributed by atoms with Gasteiger partial charge in [0.05, 0.1) is 12.2 Å². The Morgan fingerprint density at radius 1 is 1.16 bits per heavy atom. The summed E-state index contributed by atoms with van der Waals surface area (Å²) in [6.07, 6.45) is 1.69. The number of amides is 1. The van der Waals surface area contributed by atoms with Crippen molar-refractivity contribution in [3.8, 4) is 0 Å². The monoisotopic (exact) mass is 589 g/mol. The molecule has 1 aromatic carbocycles. The molecule has 2 heterocycles. The number of rotatable bonds is 4. The molecule has 1 amide bonds. The predicted molar refractivity (Wildman–Crippen MR) is 134 cm³/mol. The number of hydrogen-bond donors (Lipinski definition) is 0. The normalized spacial score (nSPS) is 14.6. The first-order chi connectivity index (χ1) is 14.6. The van der Waals surface area contributed by atoms with E-state index >= 15 is 0 Å². The Balaban J connectivity index is 1.44. The zero-order chi connectivity index (χ0) is 22.6. The average Bonchev–Trinajstić information content (AvgIpc) is 3.15. The van der Waals surface area contributed by atoms with Crippen molar-refractivity contribution in [3.63, 3.8) is 0 Å². The van der Waals surface area contributed by atoms with E-state index in [1.165, 1.54) is 0 Å². The number of thiocarbonyl (C=S) groups is 1. The van der Waals surface area contributed by atoms with E-state index in [-0.39, 0.29) is 6.09 Å². The van der Waals surface area contributed by atoms with Gasteiger partial charge in [-0.15, -0.1) is 5.10 Å². The maximum absolute atomic E-state index is 12.2. The van der Waals surface area contributed by atoms with E-state index in [1.807, 2.05) is 37.7 Å². The molecule has 0 atom stereocenters. The van der Waals surface area contributed by atoms with E-state index in [0.29, 0.717) is 38.5 Å². The Labute approximate surface area is 209 Å². The van der Waals surface area contributed by atoms with Gasteiger partial charge in [0.1, 0.15) is 9.92 Å². The molecular weight excluding hydrogens is 566 g/mol. The van der Waals surface area contributed by atoms with Crippen molar-refractivity contribution in [2.24, 2.45) is 0 Å². The summed E-state index contributed by atoms with van der Waals surface area (Å²) in [4.78, 5) is 16.1. The molecule has 0 unspecified atom stereocenters. The van der Waals surface area contributed by atoms with E-state index in [1.54, 1.807) is 16.7 Å². The van der Waals surface area contributed by atoms with Gasteiger partial charge < -0.3 is 14.5 Å². The fourth-order valence-corrected chi connectivity index (χ4v) is 4.73. The Bertz CT molecular complexity index is 940. The van der Waals surface area contributed by atoms with Gasteiger partial charge >= 0.3 is 6.09 Å². The summed E-state index contributed by atoms with van der Waals surface area (Å²) in [7, 11) is 0. The van der Waals surface area contributed by atoms with Crippen LogP contribution < -0.4 is 0 Å². The van der Waals surface area contributed by atoms with Crippen LogP contribution in [0.3, 0.4) is 0 Å². The summed E-state index contributed by atoms with van der Waals surface area (Å²) in [5, 5.41) is 8.49. The fraction of sp³-hybridized carbons (Fsp3) is 0.500. The minimum absolute atomic E-state index is 0.264. The Morgan fingerprint density at radius 2 is 1.84 bits per heavy atom. The molecule has 1 aliphatic heterocycles. The van der Waals surface area contributed by atoms with Gasteiger partial charge in [0.25, 0.3) is 0 Å². The van der Waals surface area contributed by atoms with Crippen molar-refractivity contribution in [2.45, 2.75) is 38.7 Å². The summed E-state index contributed by atoms with van der Waals surface area (Å²) in [6, 6.07) is 6.12. The molecule has 0 aliphatic carbocycles. The van der Waals surface area contributed by atoms with E-state index in [2.05, 4.69) is 59.2 Å². The van der Waals surface area contributed by atoms with Crippen molar-refractivity contribution in [3.05, 3.63) is 44.6 Å². The molecule has 3 rings (SSSR count). The Kier molecular flexibility index (Phi) is 8.39. The molecule has 1 aliphatic rings. The summed E-state index contributed by atoms with van der Waals surface area (Å²) in [5.41, 5.74) is 1.54. The zero-order valence-corrected chi connectivity index (χ0v) is 22.5. The number of aromatic nitrogens is 3. The molecule has 0 radical (unpaired) electrons. The van der Waals surface area contributed by atoms with Gasteiger partial charge in [-0.2, -0.15) is 0 Å². The standard InChI is InChI=1S/C20H25Br2N5O2S2/c1-20(2,3)29-18(28)25-6-8-26(9-7-25)19(30)31-13-15-12-27(24-23-15)11-14-4-5-16(21)17(22)10-14/h4-5,10,12H,6-9,11,13H2,1-3H3. The average molecular weight is 591 g/mol. The predicted octanol–water partition coefficient (Wildman–Crippen LogP) is 4.92. The maximum atomic E-state index is 12.2. The second kappa shape index (κ2) is 10.6. The van der Waals surface area contributed by atoms with Gasteiger partial charge in [0.15, 0.2) is 0 Å². The van der Waals surface area contributed by atoms with Gasteiger partial charge in [0, 0.05) is 47.1 Å². The van der Waals surface area contributed by atoms with E-state index < -0.39 is 5.60 Å². The first kappa shape index (κ1) is 24.5. The van der Waals surface area contributed by atoms with E-state index in [4.69, 9.17) is 17.0 Å². The van der Waals surface area contributed by atoms with E-state index in [0.717, 1.165) is 24.5 Å². The molecule has 0 saturated carbocycles. The minimum Gasteiger partial charge on any atom is -0.444 e. The molecule has 0 N–H and O–H groups in total. The Morgan fingerprint density at radius 3 is 2.48 bits per heavy atom. The molecule has 0 bridgehead atoms. The third-order valence-corrected chi connectivity index (χ3v) is 7.88. The number of carbonyl (C=O) groups excluding carboxylic acids is 1. The maximum Gasteiger partial charge on any atom is 0.410 e. The first-order valence-electron chi connectivity index (χ1n) is 9.83. The molecule has 2 aromatic rings. The van der Waals surface area contributed by atoms with Gasteiger partial charge in [-0.1, -0.05) is 35.3 Å². The lowest BCUT2D eigenvalue weighted by Crippen LogP contribution is -2.50. The molecule has 7 nitrogen and oxygen atoms in total. The van der Waals surface area contributed by atoms with Crippen LogP contribution in [0.5, 0.6) is 0 Å². The number of carbonyl (C=O) groups is 1. The molecule has 0 spiro atoms. The fourth-order valence-electron chi connectivity index (χ4n) is 2.93. The van der Waals surface area contributed by atoms with Crippen molar-refractivity contribution in [1.82, 2.24) is 24.8 Å². The topological polar surface area (TPSA) is 63.5 Å². The van der Waals surface area contributed by atoms with Gasteiger partial charge in [-0.25, -0.2) is 9.48 Å². The van der Waals surface area contributed by atoms with Crippen LogP contribution in [0.1, 0.15) is 32.0 Å². The number of thioether (sulfide) groups is 1. The smallest absolute Gasteiger partial charge is 0.410 e. The molecular formula is C20H25Br2N5O2S2. The van der Waals surface area contributed by atoms with Crippen LogP contribution >= 0.6 is 55.8 Å². The number of halogens is 2. The lowest BCUT2D eigenvalue weighted by atomic mass is 10.2. The lowest BCUT2D eigenvalue weighted by Gasteiger charge is -2.36. The third-order valence-electron chi connectivity index (χ3n) is 4.45. The van der Waals surface area contributed by atoms with Gasteiger partial charge in [0.2, 0.25) is 0 Å². The zero-order valence-electron chi connectivity index (χ0n) is 17.7. The van der Waals surface area contributed by atoms with Crippen LogP contribution in [0.15, 0.2) is 33.3 Å². The van der Waals surface area contributed by atoms with Crippen LogP contribution in [0.4, 0.5) is 4.79 Å². The highest BCUT2D eigenvalue weighted by atomic mass is 79.9. The molecule has 1 fully saturated rings. The number of ether oxygens (including phenoxy) is 1. The van der Waals surface area contributed by atoms with Crippen LogP contribution in [-0.4, -0.2) is 67.0 Å². The summed E-state index contributed by atoms with van der Waals surface area (Å²) in [5.74, 6) is 0.662. The highest BCUT2D eigenvalue weighted by Crippen LogP contribution is 2.24. The third kappa shape index (κ3) is 7.44. The van der Waals surface area contributed by atoms with Crippen molar-refractivity contribution < 1.29 is 9.53 Å². The van der Waals surface area contributed by atoms with Crippen LogP contribution in [0.2, 0.25) is 0 Å². The largest absolute Gasteiger partial charge is 0.444 e. The second-order valence-electron chi connectivity index (χ2n) is 8.16. The molecule has 31 heavy (non-hydrogen) atoms. The molecule has 11 heteroatoms. The van der Waals surface area contributed by atoms with Crippen molar-refractivity contribution in [2.75, 3.05) is 26.2 Å². The molecule has 1 aromatic heterocycles. The SMILES string of the molecule is CC(C)(C)OC(=O)N1CCN(C(=S)SCc2cn(Cc3ccc(Br)c(Br)c3)nn2)CC1. The number of piperazine rings is 1. The number of hydrogen-bond acceptors (Lipinski definition) is 6. The summed E-state index contributed by atoms with van der Waals surface area (Å²) >= 11 is 14.2. The van der Waals surface area contributed by atoms with Crippen LogP contribution in [-0.2, 0) is 17.0 Å². The first-order valence-corrected chi connectivity index (χ1v) is 12.8. The van der Waals surface area contributed by atoms with Gasteiger partial charge in [-0.3, -0.25) is 0 Å². The Hall–Kier alpha value is -1.17. The highest BCUT2D eigenvalue weighted by Gasteiger charge is 2.26. The number of nitrogens with zero attached hydrogens (tertiary/aromatic N) is 5.